The van der Waals surface area contributed by atoms with Crippen molar-refractivity contribution >= 4 is 28.8 Å². The van der Waals surface area contributed by atoms with Gasteiger partial charge >= 0.3 is 0 Å². The normalized spacial score (nSPS) is 10.7. The smallest absolute Gasteiger partial charge is 0.267 e. The van der Waals surface area contributed by atoms with Crippen molar-refractivity contribution in [1.82, 2.24) is 14.8 Å². The number of fused-ring (bicyclic) bond motifs is 1. The summed E-state index contributed by atoms with van der Waals surface area (Å²) in [4.78, 5) is 23.6. The predicted octanol–water partition coefficient (Wildman–Crippen LogP) is 3.03. The second-order valence-corrected chi connectivity index (χ2v) is 6.34. The van der Waals surface area contributed by atoms with Crippen LogP contribution in [-0.2, 0) is 11.3 Å². The predicted molar refractivity (Wildman–Crippen MR) is 109 cm³/mol. The highest BCUT2D eigenvalue weighted by atomic mass is 16.1. The number of aromatic nitrogens is 3. The van der Waals surface area contributed by atoms with Crippen LogP contribution in [0, 0.1) is 5.41 Å². The SMILES string of the molecule is N=CC(=O)Nc1n[nH]c2cc(-c3ccc(=O)n(Cc4ccccc4)c3)ccc12. The van der Waals surface area contributed by atoms with Crippen LogP contribution in [-0.4, -0.2) is 26.9 Å². The Labute approximate surface area is 160 Å². The zero-order chi connectivity index (χ0) is 19.5. The minimum atomic E-state index is -0.537. The Bertz CT molecular complexity index is 1220. The molecule has 0 radical (unpaired) electrons. The van der Waals surface area contributed by atoms with Gasteiger partial charge in [0, 0.05) is 17.6 Å². The van der Waals surface area contributed by atoms with Crippen LogP contribution >= 0.6 is 0 Å². The van der Waals surface area contributed by atoms with E-state index in [9.17, 15) is 9.59 Å². The lowest BCUT2D eigenvalue weighted by molar-refractivity contribution is -0.110. The fourth-order valence-corrected chi connectivity index (χ4v) is 3.05. The van der Waals surface area contributed by atoms with Gasteiger partial charge in [0.25, 0.3) is 11.5 Å². The van der Waals surface area contributed by atoms with Crippen molar-refractivity contribution in [1.29, 1.82) is 5.41 Å². The first-order valence-corrected chi connectivity index (χ1v) is 8.68. The number of pyridine rings is 1. The van der Waals surface area contributed by atoms with E-state index in [2.05, 4.69) is 15.5 Å². The number of hydrogen-bond donors (Lipinski definition) is 3. The van der Waals surface area contributed by atoms with Crippen molar-refractivity contribution in [3.8, 4) is 11.1 Å². The van der Waals surface area contributed by atoms with Crippen molar-refractivity contribution in [3.63, 3.8) is 0 Å². The molecular formula is C21H17N5O2. The Kier molecular flexibility index (Phi) is 4.55. The zero-order valence-electron chi connectivity index (χ0n) is 14.8. The zero-order valence-corrected chi connectivity index (χ0v) is 14.8. The van der Waals surface area contributed by atoms with Crippen LogP contribution in [0.15, 0.2) is 71.7 Å². The minimum Gasteiger partial charge on any atom is -0.310 e. The maximum absolute atomic E-state index is 12.2. The summed E-state index contributed by atoms with van der Waals surface area (Å²) in [7, 11) is 0. The number of carbonyl (C=O) groups is 1. The second-order valence-electron chi connectivity index (χ2n) is 6.34. The topological polar surface area (TPSA) is 104 Å². The first kappa shape index (κ1) is 17.4. The standard InChI is InChI=1S/C21H17N5O2/c22-11-19(27)23-21-17-8-6-15(10-18(17)24-25-21)16-7-9-20(28)26(13-16)12-14-4-2-1-3-5-14/h1-11,13,22H,12H2,(H2,23,24,25,27). The molecule has 4 rings (SSSR count). The van der Waals surface area contributed by atoms with E-state index >= 15 is 0 Å². The maximum atomic E-state index is 12.2. The molecule has 0 unspecified atom stereocenters. The van der Waals surface area contributed by atoms with Crippen LogP contribution in [0.5, 0.6) is 0 Å². The highest BCUT2D eigenvalue weighted by Crippen LogP contribution is 2.26. The lowest BCUT2D eigenvalue weighted by Crippen LogP contribution is -2.19. The molecular weight excluding hydrogens is 354 g/mol. The summed E-state index contributed by atoms with van der Waals surface area (Å²) in [5.74, 6) is -0.158. The van der Waals surface area contributed by atoms with Crippen molar-refractivity contribution < 1.29 is 4.79 Å². The summed E-state index contributed by atoms with van der Waals surface area (Å²) < 4.78 is 1.68. The van der Waals surface area contributed by atoms with Gasteiger partial charge in [-0.3, -0.25) is 14.7 Å². The van der Waals surface area contributed by atoms with Gasteiger partial charge in [0.1, 0.15) is 0 Å². The lowest BCUT2D eigenvalue weighted by atomic mass is 10.1. The van der Waals surface area contributed by atoms with Crippen LogP contribution in [0.4, 0.5) is 5.82 Å². The number of aromatic amines is 1. The molecule has 0 saturated heterocycles. The summed E-state index contributed by atoms with van der Waals surface area (Å²) in [6.07, 6.45) is 2.54. The highest BCUT2D eigenvalue weighted by Gasteiger charge is 2.10. The van der Waals surface area contributed by atoms with Crippen molar-refractivity contribution in [2.24, 2.45) is 0 Å². The molecule has 3 N–H and O–H groups in total. The largest absolute Gasteiger partial charge is 0.310 e. The number of hydrogen-bond acceptors (Lipinski definition) is 4. The average molecular weight is 371 g/mol. The lowest BCUT2D eigenvalue weighted by Gasteiger charge is -2.09. The van der Waals surface area contributed by atoms with E-state index in [0.717, 1.165) is 27.6 Å². The van der Waals surface area contributed by atoms with Crippen LogP contribution in [0.1, 0.15) is 5.56 Å². The number of anilines is 1. The number of nitrogens with zero attached hydrogens (tertiary/aromatic N) is 2. The van der Waals surface area contributed by atoms with E-state index in [0.29, 0.717) is 18.6 Å². The van der Waals surface area contributed by atoms with Crippen molar-refractivity contribution in [2.45, 2.75) is 6.54 Å². The van der Waals surface area contributed by atoms with Gasteiger partial charge in [0.2, 0.25) is 0 Å². The maximum Gasteiger partial charge on any atom is 0.267 e. The van der Waals surface area contributed by atoms with Gasteiger partial charge in [-0.05, 0) is 34.9 Å². The quantitative estimate of drug-likeness (QED) is 0.470. The van der Waals surface area contributed by atoms with Gasteiger partial charge in [0.05, 0.1) is 18.3 Å². The molecule has 7 nitrogen and oxygen atoms in total. The van der Waals surface area contributed by atoms with Gasteiger partial charge in [-0.2, -0.15) is 5.10 Å². The van der Waals surface area contributed by atoms with Gasteiger partial charge in [-0.1, -0.05) is 36.4 Å². The van der Waals surface area contributed by atoms with Gasteiger partial charge in [-0.25, -0.2) is 0 Å². The van der Waals surface area contributed by atoms with E-state index in [1.807, 2.05) is 54.7 Å². The Balaban J connectivity index is 1.68. The number of benzene rings is 2. The molecule has 0 atom stereocenters. The molecule has 138 valence electrons. The molecule has 28 heavy (non-hydrogen) atoms. The monoisotopic (exact) mass is 371 g/mol. The van der Waals surface area contributed by atoms with Crippen LogP contribution < -0.4 is 10.9 Å². The van der Waals surface area contributed by atoms with Crippen LogP contribution in [0.3, 0.4) is 0 Å². The fraction of sp³-hybridized carbons (Fsp3) is 0.0476. The van der Waals surface area contributed by atoms with E-state index in [1.54, 1.807) is 16.7 Å². The molecule has 2 aromatic carbocycles. The molecule has 0 saturated carbocycles. The number of carbonyl (C=O) groups excluding carboxylic acids is 1. The second kappa shape index (κ2) is 7.32. The molecule has 2 aromatic heterocycles. The van der Waals surface area contributed by atoms with E-state index < -0.39 is 5.91 Å². The number of H-pyrrole nitrogens is 1. The Hall–Kier alpha value is -4.00. The Morgan fingerprint density at radius 3 is 2.68 bits per heavy atom. The van der Waals surface area contributed by atoms with E-state index in [1.165, 1.54) is 0 Å². The number of rotatable bonds is 5. The van der Waals surface area contributed by atoms with Gasteiger partial charge in [-0.15, -0.1) is 0 Å². The van der Waals surface area contributed by atoms with Crippen molar-refractivity contribution in [3.05, 3.63) is 82.8 Å². The summed E-state index contributed by atoms with van der Waals surface area (Å²) in [6, 6.07) is 18.8. The molecule has 0 aliphatic heterocycles. The van der Waals surface area contributed by atoms with Crippen molar-refractivity contribution in [2.75, 3.05) is 5.32 Å². The molecule has 0 fully saturated rings. The van der Waals surface area contributed by atoms with Gasteiger partial charge < -0.3 is 15.3 Å². The number of amides is 1. The first-order chi connectivity index (χ1) is 13.6. The molecule has 2 heterocycles. The molecule has 7 heteroatoms. The average Bonchev–Trinajstić information content (AvgIpc) is 3.12. The molecule has 0 spiro atoms. The Morgan fingerprint density at radius 2 is 1.89 bits per heavy atom. The summed E-state index contributed by atoms with van der Waals surface area (Å²) in [5, 5.41) is 17.3. The summed E-state index contributed by atoms with van der Waals surface area (Å²) in [5.41, 5.74) is 3.56. The third kappa shape index (κ3) is 3.45. The summed E-state index contributed by atoms with van der Waals surface area (Å²) >= 11 is 0. The third-order valence-corrected chi connectivity index (χ3v) is 4.45. The molecule has 0 bridgehead atoms. The van der Waals surface area contributed by atoms with Crippen LogP contribution in [0.2, 0.25) is 0 Å². The third-order valence-electron chi connectivity index (χ3n) is 4.45. The van der Waals surface area contributed by atoms with Crippen LogP contribution in [0.25, 0.3) is 22.0 Å². The molecule has 0 aliphatic carbocycles. The molecule has 0 aliphatic rings. The molecule has 1 amide bonds. The van der Waals surface area contributed by atoms with E-state index in [4.69, 9.17) is 5.41 Å². The first-order valence-electron chi connectivity index (χ1n) is 8.68. The van der Waals surface area contributed by atoms with Gasteiger partial charge in [0.15, 0.2) is 5.82 Å². The van der Waals surface area contributed by atoms with E-state index in [-0.39, 0.29) is 5.56 Å². The Morgan fingerprint density at radius 1 is 1.11 bits per heavy atom. The highest BCUT2D eigenvalue weighted by molar-refractivity contribution is 6.31. The minimum absolute atomic E-state index is 0.0631. The molecule has 4 aromatic rings. The fourth-order valence-electron chi connectivity index (χ4n) is 3.05. The summed E-state index contributed by atoms with van der Waals surface area (Å²) in [6.45, 7) is 0.500. The number of nitrogens with one attached hydrogen (secondary N) is 3.